The van der Waals surface area contributed by atoms with Crippen LogP contribution < -0.4 is 0 Å². The van der Waals surface area contributed by atoms with Gasteiger partial charge in [0.05, 0.1) is 26.4 Å². The number of ether oxygens (including phenoxy) is 4. The van der Waals surface area contributed by atoms with Crippen LogP contribution in [0.15, 0.2) is 0 Å². The summed E-state index contributed by atoms with van der Waals surface area (Å²) in [7, 11) is -9.90. The molecule has 17 nitrogen and oxygen atoms in total. The van der Waals surface area contributed by atoms with E-state index in [0.29, 0.717) is 31.6 Å². The van der Waals surface area contributed by atoms with Gasteiger partial charge in [0.2, 0.25) is 0 Å². The van der Waals surface area contributed by atoms with Gasteiger partial charge in [0, 0.05) is 25.7 Å². The number of carbonyl (C=O) groups excluding carboxylic acids is 4. The molecular weight excluding hydrogens is 1160 g/mol. The van der Waals surface area contributed by atoms with Crippen LogP contribution in [0.25, 0.3) is 0 Å². The number of esters is 4. The molecule has 0 heterocycles. The molecule has 0 fully saturated rings. The van der Waals surface area contributed by atoms with Gasteiger partial charge in [-0.25, -0.2) is 9.13 Å². The predicted molar refractivity (Wildman–Crippen MR) is 354 cm³/mol. The third-order valence-corrected chi connectivity index (χ3v) is 18.4. The van der Waals surface area contributed by atoms with Crippen LogP contribution in [0.5, 0.6) is 0 Å². The van der Waals surface area contributed by atoms with Gasteiger partial charge in [-0.3, -0.25) is 37.3 Å². The molecule has 0 aromatic rings. The van der Waals surface area contributed by atoms with Crippen LogP contribution in [0, 0.1) is 23.7 Å². The van der Waals surface area contributed by atoms with Crippen molar-refractivity contribution in [3.63, 3.8) is 0 Å². The molecule has 0 aliphatic heterocycles. The van der Waals surface area contributed by atoms with Gasteiger partial charge >= 0.3 is 39.5 Å². The van der Waals surface area contributed by atoms with Crippen LogP contribution >= 0.6 is 15.6 Å². The fourth-order valence-corrected chi connectivity index (χ4v) is 11.8. The van der Waals surface area contributed by atoms with Gasteiger partial charge in [0.25, 0.3) is 0 Å². The summed E-state index contributed by atoms with van der Waals surface area (Å²) in [5, 5.41) is 10.6. The lowest BCUT2D eigenvalue weighted by Crippen LogP contribution is -2.30. The van der Waals surface area contributed by atoms with Crippen molar-refractivity contribution in [3.05, 3.63) is 0 Å². The summed E-state index contributed by atoms with van der Waals surface area (Å²) >= 11 is 0. The van der Waals surface area contributed by atoms with E-state index in [1.807, 2.05) is 0 Å². The van der Waals surface area contributed by atoms with Crippen LogP contribution in [-0.2, 0) is 65.4 Å². The summed E-state index contributed by atoms with van der Waals surface area (Å²) in [5.74, 6) is 0.827. The highest BCUT2D eigenvalue weighted by molar-refractivity contribution is 7.47. The molecule has 0 amide bonds. The van der Waals surface area contributed by atoms with Crippen molar-refractivity contribution in [2.24, 2.45) is 23.7 Å². The number of carbonyl (C=O) groups is 4. The number of aliphatic hydroxyl groups excluding tert-OH is 1. The highest BCUT2D eigenvalue weighted by Gasteiger charge is 2.30. The Morgan fingerprint density at radius 1 is 0.318 bits per heavy atom. The number of rotatable bonds is 66. The molecule has 0 aliphatic rings. The zero-order chi connectivity index (χ0) is 65.4. The van der Waals surface area contributed by atoms with Crippen molar-refractivity contribution >= 4 is 39.5 Å². The Bertz CT molecular complexity index is 1750. The second-order valence-electron chi connectivity index (χ2n) is 26.4. The zero-order valence-electron chi connectivity index (χ0n) is 57.3. The first kappa shape index (κ1) is 86.1. The molecule has 0 aromatic heterocycles. The van der Waals surface area contributed by atoms with Crippen molar-refractivity contribution < 1.29 is 80.2 Å². The molecule has 0 saturated carbocycles. The van der Waals surface area contributed by atoms with Crippen molar-refractivity contribution in [3.8, 4) is 0 Å². The first-order chi connectivity index (χ1) is 42.2. The van der Waals surface area contributed by atoms with Crippen molar-refractivity contribution in [2.45, 2.75) is 356 Å². The number of phosphoric ester groups is 2. The Balaban J connectivity index is 5.17. The van der Waals surface area contributed by atoms with Crippen molar-refractivity contribution in [1.29, 1.82) is 0 Å². The first-order valence-corrected chi connectivity index (χ1v) is 38.8. The van der Waals surface area contributed by atoms with Crippen LogP contribution in [-0.4, -0.2) is 96.7 Å². The van der Waals surface area contributed by atoms with Gasteiger partial charge in [-0.1, -0.05) is 287 Å². The zero-order valence-corrected chi connectivity index (χ0v) is 59.1. The molecule has 0 aromatic carbocycles. The Morgan fingerprint density at radius 2 is 0.545 bits per heavy atom. The van der Waals surface area contributed by atoms with E-state index in [1.54, 1.807) is 0 Å². The van der Waals surface area contributed by atoms with Crippen LogP contribution in [0.4, 0.5) is 0 Å². The van der Waals surface area contributed by atoms with Crippen molar-refractivity contribution in [1.82, 2.24) is 0 Å². The summed E-state index contributed by atoms with van der Waals surface area (Å²) in [6, 6.07) is 0. The van der Waals surface area contributed by atoms with E-state index in [4.69, 9.17) is 37.0 Å². The second kappa shape index (κ2) is 58.8. The minimum Gasteiger partial charge on any atom is -0.462 e. The summed E-state index contributed by atoms with van der Waals surface area (Å²) in [5.41, 5.74) is 0. The maximum absolute atomic E-state index is 13.0. The maximum atomic E-state index is 13.0. The van der Waals surface area contributed by atoms with Gasteiger partial charge in [0.15, 0.2) is 12.2 Å². The van der Waals surface area contributed by atoms with Gasteiger partial charge in [-0.05, 0) is 49.4 Å². The Morgan fingerprint density at radius 3 is 0.807 bits per heavy atom. The summed E-state index contributed by atoms with van der Waals surface area (Å²) in [6.07, 6.45) is 40.6. The number of hydrogen-bond donors (Lipinski definition) is 3. The smallest absolute Gasteiger partial charge is 0.462 e. The fourth-order valence-electron chi connectivity index (χ4n) is 10.2. The summed E-state index contributed by atoms with van der Waals surface area (Å²) < 4.78 is 68.1. The Labute approximate surface area is 537 Å². The lowest BCUT2D eigenvalue weighted by Gasteiger charge is -2.21. The average molecular weight is 1300 g/mol. The molecule has 0 radical (unpaired) electrons. The Kier molecular flexibility index (Phi) is 57.6. The van der Waals surface area contributed by atoms with E-state index in [-0.39, 0.29) is 25.7 Å². The van der Waals surface area contributed by atoms with E-state index in [0.717, 1.165) is 108 Å². The molecule has 0 aliphatic carbocycles. The summed E-state index contributed by atoms with van der Waals surface area (Å²) in [6.45, 7) is 14.0. The molecule has 0 saturated heterocycles. The molecule has 88 heavy (non-hydrogen) atoms. The highest BCUT2D eigenvalue weighted by atomic mass is 31.2. The number of unbranched alkanes of at least 4 members (excludes halogenated alkanes) is 30. The number of aliphatic hydroxyl groups is 1. The fraction of sp³-hybridized carbons (Fsp3) is 0.942. The maximum Gasteiger partial charge on any atom is 0.472 e. The number of hydrogen-bond acceptors (Lipinski definition) is 15. The van der Waals surface area contributed by atoms with E-state index in [2.05, 4.69) is 55.4 Å². The van der Waals surface area contributed by atoms with Crippen LogP contribution in [0.1, 0.15) is 338 Å². The lowest BCUT2D eigenvalue weighted by atomic mass is 9.99. The molecule has 0 bridgehead atoms. The molecule has 5 unspecified atom stereocenters. The predicted octanol–water partition coefficient (Wildman–Crippen LogP) is 19.3. The van der Waals surface area contributed by atoms with Gasteiger partial charge in [0.1, 0.15) is 19.3 Å². The largest absolute Gasteiger partial charge is 0.472 e. The van der Waals surface area contributed by atoms with Gasteiger partial charge < -0.3 is 33.8 Å². The average Bonchev–Trinajstić information content (AvgIpc) is 3.71. The van der Waals surface area contributed by atoms with Crippen LogP contribution in [0.2, 0.25) is 0 Å². The second-order valence-corrected chi connectivity index (χ2v) is 29.3. The van der Waals surface area contributed by atoms with E-state index in [9.17, 15) is 43.2 Å². The van der Waals surface area contributed by atoms with E-state index >= 15 is 0 Å². The highest BCUT2D eigenvalue weighted by Crippen LogP contribution is 2.45. The molecule has 0 spiro atoms. The molecule has 3 N–H and O–H groups in total. The SMILES string of the molecule is CCC(C)CCCCCCCCCCCCCCCCC(=O)OC[C@H](COP(=O)(O)OCC(O)COP(=O)(O)OC[C@@H](COC(=O)CCCCCCCCCCC(C)C)OC(=O)CCCCCCCCC(C)CC)OC(=O)CCCCCCCCC(C)C. The van der Waals surface area contributed by atoms with Gasteiger partial charge in [-0.2, -0.15) is 0 Å². The first-order valence-electron chi connectivity index (χ1n) is 35.8. The Hall–Kier alpha value is -1.94. The molecule has 522 valence electrons. The van der Waals surface area contributed by atoms with E-state index < -0.39 is 97.5 Å². The van der Waals surface area contributed by atoms with Crippen LogP contribution in [0.3, 0.4) is 0 Å². The normalized spacial score (nSPS) is 14.9. The van der Waals surface area contributed by atoms with Gasteiger partial charge in [-0.15, -0.1) is 0 Å². The molecule has 19 heteroatoms. The monoisotopic (exact) mass is 1300 g/mol. The third kappa shape index (κ3) is 60.3. The topological polar surface area (TPSA) is 237 Å². The van der Waals surface area contributed by atoms with E-state index in [1.165, 1.54) is 141 Å². The molecule has 0 rings (SSSR count). The quantitative estimate of drug-likeness (QED) is 0.0222. The summed E-state index contributed by atoms with van der Waals surface area (Å²) in [4.78, 5) is 72.4. The lowest BCUT2D eigenvalue weighted by molar-refractivity contribution is -0.161. The molecular formula is C69H134O17P2. The minimum atomic E-state index is -4.95. The van der Waals surface area contributed by atoms with Crippen molar-refractivity contribution in [2.75, 3.05) is 39.6 Å². The third-order valence-electron chi connectivity index (χ3n) is 16.5. The molecule has 7 atom stereocenters. The standard InChI is InChI=1S/C69H134O17P2/c1-9-61(7)47-39-31-22-17-15-13-11-12-14-16-18-23-33-41-49-66(71)79-55-64(85-68(73)51-43-35-27-25-30-38-46-60(5)6)57-83-87(75,76)81-53-63(70)54-82-88(77,78)84-58-65(86-69(74)52-44-36-28-26-32-40-48-62(8)10-2)56-80-67(72)50-42-34-24-20-19-21-29-37-45-59(3)4/h59-65,70H,9-58H2,1-8H3,(H,75,76)(H,77,78)/t61?,62?,63?,64-,65-/m1/s1. The minimum absolute atomic E-state index is 0.102. The number of phosphoric acid groups is 2.